The van der Waals surface area contributed by atoms with Crippen LogP contribution in [0.4, 0.5) is 0 Å². The Labute approximate surface area is 161 Å². The van der Waals surface area contributed by atoms with E-state index in [2.05, 4.69) is 19.2 Å². The lowest BCUT2D eigenvalue weighted by Crippen LogP contribution is -2.47. The fourth-order valence-corrected chi connectivity index (χ4v) is 3.38. The zero-order valence-corrected chi connectivity index (χ0v) is 16.7. The topological polar surface area (TPSA) is 73.9 Å². The number of methoxy groups -OCH3 is 1. The lowest BCUT2D eigenvalue weighted by molar-refractivity contribution is -0.155. The number of esters is 1. The van der Waals surface area contributed by atoms with Crippen LogP contribution in [-0.4, -0.2) is 37.7 Å². The first-order valence-electron chi connectivity index (χ1n) is 9.68. The van der Waals surface area contributed by atoms with Crippen molar-refractivity contribution in [1.82, 2.24) is 5.32 Å². The fourth-order valence-electron chi connectivity index (χ4n) is 3.38. The van der Waals surface area contributed by atoms with E-state index in [1.165, 1.54) is 6.42 Å². The fraction of sp³-hybridized carbons (Fsp3) is 0.619. The molecule has 4 unspecified atom stereocenters. The number of rotatable bonds is 8. The maximum Gasteiger partial charge on any atom is 0.310 e. The molecule has 6 heteroatoms. The number of ether oxygens (including phenoxy) is 3. The lowest BCUT2D eigenvalue weighted by atomic mass is 9.78. The van der Waals surface area contributed by atoms with Crippen molar-refractivity contribution in [2.75, 3.05) is 13.7 Å². The lowest BCUT2D eigenvalue weighted by Gasteiger charge is -2.35. The molecule has 0 heterocycles. The Kier molecular flexibility index (Phi) is 7.95. The molecule has 27 heavy (non-hydrogen) atoms. The summed E-state index contributed by atoms with van der Waals surface area (Å²) in [5, 5.41) is 3.04. The van der Waals surface area contributed by atoms with E-state index in [0.717, 1.165) is 12.8 Å². The van der Waals surface area contributed by atoms with Crippen molar-refractivity contribution < 1.29 is 23.8 Å². The monoisotopic (exact) mass is 377 g/mol. The van der Waals surface area contributed by atoms with Gasteiger partial charge in [0.2, 0.25) is 0 Å². The van der Waals surface area contributed by atoms with Gasteiger partial charge in [-0.05, 0) is 37.3 Å². The maximum atomic E-state index is 12.3. The highest BCUT2D eigenvalue weighted by Gasteiger charge is 2.30. The van der Waals surface area contributed by atoms with Gasteiger partial charge < -0.3 is 19.5 Å². The number of carbonyl (C=O) groups excluding carboxylic acids is 2. The Balaban J connectivity index is 1.73. The van der Waals surface area contributed by atoms with E-state index >= 15 is 0 Å². The molecule has 4 atom stereocenters. The smallest absolute Gasteiger partial charge is 0.310 e. The number of benzene rings is 1. The highest BCUT2D eigenvalue weighted by atomic mass is 16.6. The minimum Gasteiger partial charge on any atom is -0.493 e. The summed E-state index contributed by atoms with van der Waals surface area (Å²) in [5.74, 6) is 1.50. The minimum atomic E-state index is -0.812. The number of amides is 1. The van der Waals surface area contributed by atoms with Crippen LogP contribution in [0.5, 0.6) is 11.5 Å². The molecule has 1 aromatic carbocycles. The van der Waals surface area contributed by atoms with Gasteiger partial charge in [-0.25, -0.2) is 0 Å². The van der Waals surface area contributed by atoms with Crippen molar-refractivity contribution in [3.8, 4) is 11.5 Å². The zero-order valence-electron chi connectivity index (χ0n) is 16.7. The Bertz CT molecular complexity index is 633. The maximum absolute atomic E-state index is 12.3. The second-order valence-electron chi connectivity index (χ2n) is 7.26. The molecule has 1 fully saturated rings. The molecular formula is C21H31NO5. The molecule has 2 rings (SSSR count). The van der Waals surface area contributed by atoms with Gasteiger partial charge in [0.1, 0.15) is 0 Å². The molecular weight excluding hydrogens is 346 g/mol. The van der Waals surface area contributed by atoms with E-state index in [1.807, 2.05) is 12.1 Å². The largest absolute Gasteiger partial charge is 0.493 e. The molecule has 0 spiro atoms. The van der Waals surface area contributed by atoms with Crippen molar-refractivity contribution in [2.45, 2.75) is 58.6 Å². The second-order valence-corrected chi connectivity index (χ2v) is 7.26. The number of nitrogens with one attached hydrogen (secondary N) is 1. The van der Waals surface area contributed by atoms with Crippen LogP contribution < -0.4 is 14.8 Å². The molecule has 6 nitrogen and oxygen atoms in total. The summed E-state index contributed by atoms with van der Waals surface area (Å²) in [6, 6.07) is 7.38. The summed E-state index contributed by atoms with van der Waals surface area (Å²) in [7, 11) is 1.56. The zero-order chi connectivity index (χ0) is 19.8. The summed E-state index contributed by atoms with van der Waals surface area (Å²) in [6.07, 6.45) is 2.54. The van der Waals surface area contributed by atoms with Crippen LogP contribution in [0, 0.1) is 11.8 Å². The van der Waals surface area contributed by atoms with Crippen molar-refractivity contribution in [3.63, 3.8) is 0 Å². The first-order valence-corrected chi connectivity index (χ1v) is 9.68. The van der Waals surface area contributed by atoms with Gasteiger partial charge in [-0.15, -0.1) is 0 Å². The number of carbonyl (C=O) groups is 2. The van der Waals surface area contributed by atoms with E-state index in [4.69, 9.17) is 14.2 Å². The standard InChI is InChI=1S/C21H31NO5/c1-14-8-7-9-17(15(14)2)22-21(24)16(3)27-20(23)12-13-26-19-11-6-5-10-18(19)25-4/h5-6,10-11,14-17H,7-9,12-13H2,1-4H3,(H,22,24). The van der Waals surface area contributed by atoms with E-state index < -0.39 is 12.1 Å². The first kappa shape index (κ1) is 21.1. The molecule has 1 aromatic rings. The first-order chi connectivity index (χ1) is 12.9. The SMILES string of the molecule is COc1ccccc1OCCC(=O)OC(C)C(=O)NC1CCCC(C)C1C. The van der Waals surface area contributed by atoms with Gasteiger partial charge in [-0.1, -0.05) is 38.8 Å². The molecule has 0 radical (unpaired) electrons. The van der Waals surface area contributed by atoms with Gasteiger partial charge in [0.25, 0.3) is 5.91 Å². The minimum absolute atomic E-state index is 0.0620. The summed E-state index contributed by atoms with van der Waals surface area (Å²) in [4.78, 5) is 24.3. The van der Waals surface area contributed by atoms with Crippen LogP contribution in [0.25, 0.3) is 0 Å². The third kappa shape index (κ3) is 6.15. The average Bonchev–Trinajstić information content (AvgIpc) is 2.65. The van der Waals surface area contributed by atoms with Gasteiger partial charge in [0.15, 0.2) is 17.6 Å². The van der Waals surface area contributed by atoms with E-state index in [0.29, 0.717) is 23.3 Å². The van der Waals surface area contributed by atoms with Gasteiger partial charge in [0.05, 0.1) is 20.1 Å². The van der Waals surface area contributed by atoms with Crippen molar-refractivity contribution in [2.24, 2.45) is 11.8 Å². The number of para-hydroxylation sites is 2. The highest BCUT2D eigenvalue weighted by molar-refractivity contribution is 5.83. The van der Waals surface area contributed by atoms with Crippen molar-refractivity contribution in [3.05, 3.63) is 24.3 Å². The molecule has 0 aromatic heterocycles. The molecule has 1 N–H and O–H groups in total. The Morgan fingerprint density at radius 1 is 1.19 bits per heavy atom. The van der Waals surface area contributed by atoms with Crippen LogP contribution >= 0.6 is 0 Å². The van der Waals surface area contributed by atoms with Gasteiger partial charge in [0, 0.05) is 6.04 Å². The van der Waals surface area contributed by atoms with Gasteiger partial charge >= 0.3 is 5.97 Å². The van der Waals surface area contributed by atoms with Gasteiger partial charge in [-0.2, -0.15) is 0 Å². The van der Waals surface area contributed by atoms with Crippen LogP contribution in [0.1, 0.15) is 46.5 Å². The van der Waals surface area contributed by atoms with Crippen LogP contribution in [0.3, 0.4) is 0 Å². The average molecular weight is 377 g/mol. The second kappa shape index (κ2) is 10.2. The molecule has 1 saturated carbocycles. The normalized spacial score (nSPS) is 23.2. The Hall–Kier alpha value is -2.24. The molecule has 0 aliphatic heterocycles. The quantitative estimate of drug-likeness (QED) is 0.704. The summed E-state index contributed by atoms with van der Waals surface area (Å²) < 4.78 is 16.0. The summed E-state index contributed by atoms with van der Waals surface area (Å²) in [5.41, 5.74) is 0. The molecule has 1 aliphatic carbocycles. The molecule has 0 bridgehead atoms. The van der Waals surface area contributed by atoms with Crippen LogP contribution in [0.15, 0.2) is 24.3 Å². The van der Waals surface area contributed by atoms with Crippen LogP contribution in [0.2, 0.25) is 0 Å². The van der Waals surface area contributed by atoms with E-state index in [-0.39, 0.29) is 25.0 Å². The third-order valence-electron chi connectivity index (χ3n) is 5.34. The number of hydrogen-bond acceptors (Lipinski definition) is 5. The highest BCUT2D eigenvalue weighted by Crippen LogP contribution is 2.29. The number of hydrogen-bond donors (Lipinski definition) is 1. The predicted octanol–water partition coefficient (Wildman–Crippen LogP) is 3.34. The van der Waals surface area contributed by atoms with Crippen molar-refractivity contribution in [1.29, 1.82) is 0 Å². The molecule has 1 amide bonds. The van der Waals surface area contributed by atoms with Gasteiger partial charge in [-0.3, -0.25) is 9.59 Å². The summed E-state index contributed by atoms with van der Waals surface area (Å²) in [6.45, 7) is 6.14. The third-order valence-corrected chi connectivity index (χ3v) is 5.34. The molecule has 0 saturated heterocycles. The molecule has 150 valence electrons. The molecule has 1 aliphatic rings. The van der Waals surface area contributed by atoms with E-state index in [9.17, 15) is 9.59 Å². The van der Waals surface area contributed by atoms with Crippen LogP contribution in [-0.2, 0) is 14.3 Å². The van der Waals surface area contributed by atoms with Crippen molar-refractivity contribution >= 4 is 11.9 Å². The van der Waals surface area contributed by atoms with E-state index in [1.54, 1.807) is 26.2 Å². The Morgan fingerprint density at radius 3 is 2.59 bits per heavy atom. The Morgan fingerprint density at radius 2 is 1.89 bits per heavy atom. The summed E-state index contributed by atoms with van der Waals surface area (Å²) >= 11 is 0. The predicted molar refractivity (Wildman–Crippen MR) is 103 cm³/mol.